The Hall–Kier alpha value is -0.0800. The predicted molar refractivity (Wildman–Crippen MR) is 36.8 cm³/mol. The molecule has 0 atom stereocenters. The molecule has 1 heterocycles. The number of rotatable bonds is 1. The summed E-state index contributed by atoms with van der Waals surface area (Å²) < 4.78 is 0.819. The van der Waals surface area contributed by atoms with Crippen LogP contribution in [0.3, 0.4) is 0 Å². The molecular weight excluding hydrogens is 114 g/mol. The summed E-state index contributed by atoms with van der Waals surface area (Å²) in [6.07, 6.45) is 4.03. The maximum Gasteiger partial charge on any atom is 0.109 e. The Balaban J connectivity index is 2.37. The van der Waals surface area contributed by atoms with Crippen molar-refractivity contribution in [3.05, 3.63) is 0 Å². The average molecular weight is 130 g/mol. The van der Waals surface area contributed by atoms with Crippen LogP contribution in [0.25, 0.3) is 0 Å². The van der Waals surface area contributed by atoms with Gasteiger partial charge in [-0.15, -0.1) is 0 Å². The van der Waals surface area contributed by atoms with Crippen LogP contribution >= 0.6 is 0 Å². The molecule has 0 aromatic rings. The Bertz CT molecular complexity index is 86.9. The summed E-state index contributed by atoms with van der Waals surface area (Å²) in [4.78, 5) is 5.32. The van der Waals surface area contributed by atoms with Crippen LogP contribution in [-0.4, -0.2) is 31.9 Å². The highest BCUT2D eigenvalue weighted by Gasteiger charge is 2.24. The molecule has 2 nitrogen and oxygen atoms in total. The largest absolute Gasteiger partial charge is 0.206 e. The highest BCUT2D eigenvalue weighted by molar-refractivity contribution is 4.46. The summed E-state index contributed by atoms with van der Waals surface area (Å²) in [5.41, 5.74) is 0. The second-order valence-corrected chi connectivity index (χ2v) is 2.99. The van der Waals surface area contributed by atoms with Crippen LogP contribution in [0.1, 0.15) is 19.3 Å². The summed E-state index contributed by atoms with van der Waals surface area (Å²) in [5.74, 6) is 0. The predicted octanol–water partition coefficient (Wildman–Crippen LogP) is 1.18. The number of nitrogens with zero attached hydrogens (tertiary/aromatic N) is 1. The van der Waals surface area contributed by atoms with Crippen molar-refractivity contribution in [2.45, 2.75) is 19.3 Å². The van der Waals surface area contributed by atoms with E-state index in [9.17, 15) is 0 Å². The molecule has 0 aromatic carbocycles. The molecule has 2 heteroatoms. The van der Waals surface area contributed by atoms with E-state index >= 15 is 0 Å². The number of hydrogen-bond donors (Lipinski definition) is 0. The van der Waals surface area contributed by atoms with Gasteiger partial charge < -0.3 is 0 Å². The van der Waals surface area contributed by atoms with Gasteiger partial charge in [-0.3, -0.25) is 0 Å². The number of piperidine rings is 1. The second kappa shape index (κ2) is 2.67. The topological polar surface area (TPSA) is 9.23 Å². The molecule has 0 aromatic heterocycles. The highest BCUT2D eigenvalue weighted by atomic mass is 16.7. The molecule has 0 saturated carbocycles. The van der Waals surface area contributed by atoms with Crippen molar-refractivity contribution in [3.8, 4) is 0 Å². The maximum absolute atomic E-state index is 5.32. The van der Waals surface area contributed by atoms with Crippen molar-refractivity contribution in [1.29, 1.82) is 0 Å². The summed E-state index contributed by atoms with van der Waals surface area (Å²) in [7, 11) is 3.95. The lowest BCUT2D eigenvalue weighted by molar-refractivity contribution is -1.09. The van der Waals surface area contributed by atoms with Gasteiger partial charge in [-0.2, -0.15) is 4.65 Å². The number of hydroxylamine groups is 3. The van der Waals surface area contributed by atoms with Crippen LogP contribution in [0.2, 0.25) is 0 Å². The van der Waals surface area contributed by atoms with E-state index in [-0.39, 0.29) is 0 Å². The normalized spacial score (nSPS) is 26.0. The monoisotopic (exact) mass is 130 g/mol. The van der Waals surface area contributed by atoms with E-state index in [1.165, 1.54) is 32.4 Å². The highest BCUT2D eigenvalue weighted by Crippen LogP contribution is 2.15. The summed E-state index contributed by atoms with van der Waals surface area (Å²) >= 11 is 0. The molecule has 0 amide bonds. The van der Waals surface area contributed by atoms with Gasteiger partial charge >= 0.3 is 0 Å². The fourth-order valence-corrected chi connectivity index (χ4v) is 1.36. The van der Waals surface area contributed by atoms with Gasteiger partial charge in [0.2, 0.25) is 0 Å². The molecule has 0 N–H and O–H groups in total. The minimum Gasteiger partial charge on any atom is -0.206 e. The number of quaternary nitrogens is 1. The fourth-order valence-electron chi connectivity index (χ4n) is 1.36. The zero-order chi connectivity index (χ0) is 6.74. The molecule has 0 radical (unpaired) electrons. The molecule has 54 valence electrons. The fraction of sp³-hybridized carbons (Fsp3) is 1.00. The Morgan fingerprint density at radius 2 is 1.67 bits per heavy atom. The number of hydrogen-bond acceptors (Lipinski definition) is 1. The van der Waals surface area contributed by atoms with E-state index in [0.717, 1.165) is 4.65 Å². The molecule has 0 spiro atoms. The molecule has 1 rings (SSSR count). The van der Waals surface area contributed by atoms with Crippen LogP contribution in [0.15, 0.2) is 0 Å². The van der Waals surface area contributed by atoms with Gasteiger partial charge in [-0.1, -0.05) is 0 Å². The van der Waals surface area contributed by atoms with Crippen molar-refractivity contribution in [2.24, 2.45) is 0 Å². The second-order valence-electron chi connectivity index (χ2n) is 2.99. The minimum atomic E-state index is 0.819. The Morgan fingerprint density at radius 1 is 1.11 bits per heavy atom. The van der Waals surface area contributed by atoms with Crippen LogP contribution < -0.4 is 0 Å². The van der Waals surface area contributed by atoms with Crippen LogP contribution in [0.5, 0.6) is 0 Å². The standard InChI is InChI=1S/C7H16NO/c1-8(9-2)6-4-3-5-7-8/h3-7H2,1-2H3/q+1. The first-order valence-corrected chi connectivity index (χ1v) is 3.67. The van der Waals surface area contributed by atoms with Crippen molar-refractivity contribution in [2.75, 3.05) is 27.2 Å². The molecule has 1 saturated heterocycles. The lowest BCUT2D eigenvalue weighted by Crippen LogP contribution is -2.46. The minimum absolute atomic E-state index is 0.819. The zero-order valence-corrected chi connectivity index (χ0v) is 6.39. The smallest absolute Gasteiger partial charge is 0.109 e. The summed E-state index contributed by atoms with van der Waals surface area (Å²) in [5, 5.41) is 0. The first-order chi connectivity index (χ1) is 4.27. The third kappa shape index (κ3) is 1.66. The van der Waals surface area contributed by atoms with Gasteiger partial charge in [0.05, 0.1) is 14.2 Å². The SMILES string of the molecule is CO[N+]1(C)CCCCC1. The Labute approximate surface area is 57.0 Å². The molecule has 1 aliphatic rings. The van der Waals surface area contributed by atoms with E-state index in [4.69, 9.17) is 4.84 Å². The summed E-state index contributed by atoms with van der Waals surface area (Å²) in [6, 6.07) is 0. The number of likely N-dealkylation sites (tertiary alicyclic amines) is 1. The van der Waals surface area contributed by atoms with Gasteiger partial charge in [-0.05, 0) is 19.3 Å². The third-order valence-corrected chi connectivity index (χ3v) is 2.20. The lowest BCUT2D eigenvalue weighted by atomic mass is 10.1. The summed E-state index contributed by atoms with van der Waals surface area (Å²) in [6.45, 7) is 2.38. The van der Waals surface area contributed by atoms with Gasteiger partial charge in [-0.25, -0.2) is 4.84 Å². The van der Waals surface area contributed by atoms with Crippen LogP contribution in [0, 0.1) is 0 Å². The molecular formula is C7H16NO+. The Morgan fingerprint density at radius 3 is 2.00 bits per heavy atom. The molecule has 0 aliphatic carbocycles. The van der Waals surface area contributed by atoms with Crippen molar-refractivity contribution >= 4 is 0 Å². The van der Waals surface area contributed by atoms with Gasteiger partial charge in [0.1, 0.15) is 13.1 Å². The molecule has 1 fully saturated rings. The average Bonchev–Trinajstić information content (AvgIpc) is 1.90. The van der Waals surface area contributed by atoms with Crippen LogP contribution in [0.4, 0.5) is 0 Å². The van der Waals surface area contributed by atoms with Crippen LogP contribution in [-0.2, 0) is 4.84 Å². The van der Waals surface area contributed by atoms with E-state index in [1.807, 2.05) is 0 Å². The molecule has 0 unspecified atom stereocenters. The van der Waals surface area contributed by atoms with E-state index in [2.05, 4.69) is 7.05 Å². The molecule has 0 bridgehead atoms. The quantitative estimate of drug-likeness (QED) is 0.484. The maximum atomic E-state index is 5.32. The Kier molecular flexibility index (Phi) is 2.09. The third-order valence-electron chi connectivity index (χ3n) is 2.20. The first kappa shape index (κ1) is 7.03. The molecule has 1 aliphatic heterocycles. The van der Waals surface area contributed by atoms with Crippen molar-refractivity contribution in [1.82, 2.24) is 0 Å². The van der Waals surface area contributed by atoms with E-state index < -0.39 is 0 Å². The van der Waals surface area contributed by atoms with Gasteiger partial charge in [0.25, 0.3) is 0 Å². The molecule has 9 heavy (non-hydrogen) atoms. The lowest BCUT2D eigenvalue weighted by Gasteiger charge is -2.32. The van der Waals surface area contributed by atoms with E-state index in [1.54, 1.807) is 7.11 Å². The first-order valence-electron chi connectivity index (χ1n) is 3.67. The van der Waals surface area contributed by atoms with Crippen molar-refractivity contribution in [3.63, 3.8) is 0 Å². The van der Waals surface area contributed by atoms with Gasteiger partial charge in [0, 0.05) is 0 Å². The van der Waals surface area contributed by atoms with Crippen molar-refractivity contribution < 1.29 is 9.48 Å². The zero-order valence-electron chi connectivity index (χ0n) is 6.39. The van der Waals surface area contributed by atoms with E-state index in [0.29, 0.717) is 0 Å². The van der Waals surface area contributed by atoms with Gasteiger partial charge in [0.15, 0.2) is 0 Å².